The molecular formula is C20H20N4O. The summed E-state index contributed by atoms with van der Waals surface area (Å²) in [6, 6.07) is 16.3. The van der Waals surface area contributed by atoms with Crippen LogP contribution in [0.25, 0.3) is 22.7 Å². The molecule has 1 atom stereocenters. The number of benzene rings is 1. The molecule has 0 saturated carbocycles. The zero-order valence-electron chi connectivity index (χ0n) is 14.3. The minimum absolute atomic E-state index is 0.137. The Morgan fingerprint density at radius 2 is 1.92 bits per heavy atom. The lowest BCUT2D eigenvalue weighted by atomic mass is 10.1. The lowest BCUT2D eigenvalue weighted by molar-refractivity contribution is 0.510. The van der Waals surface area contributed by atoms with E-state index >= 15 is 0 Å². The monoisotopic (exact) mass is 332 g/mol. The number of furan rings is 1. The van der Waals surface area contributed by atoms with Gasteiger partial charge in [0.25, 0.3) is 0 Å². The average molecular weight is 332 g/mol. The minimum atomic E-state index is 0.137. The summed E-state index contributed by atoms with van der Waals surface area (Å²) in [7, 11) is 1.97. The first-order valence-corrected chi connectivity index (χ1v) is 8.43. The summed E-state index contributed by atoms with van der Waals surface area (Å²) in [4.78, 5) is 4.72. The van der Waals surface area contributed by atoms with Crippen molar-refractivity contribution in [2.75, 3.05) is 0 Å². The van der Waals surface area contributed by atoms with E-state index in [1.54, 1.807) is 6.26 Å². The van der Waals surface area contributed by atoms with Crippen molar-refractivity contribution in [2.24, 2.45) is 7.05 Å². The highest BCUT2D eigenvalue weighted by Crippen LogP contribution is 2.35. The van der Waals surface area contributed by atoms with Crippen LogP contribution in [0.2, 0.25) is 0 Å². The summed E-state index contributed by atoms with van der Waals surface area (Å²) in [5, 5.41) is 4.33. The van der Waals surface area contributed by atoms with Gasteiger partial charge in [0.05, 0.1) is 30.0 Å². The van der Waals surface area contributed by atoms with Crippen molar-refractivity contribution in [3.8, 4) is 22.7 Å². The van der Waals surface area contributed by atoms with Gasteiger partial charge in [0, 0.05) is 18.8 Å². The molecule has 0 aliphatic heterocycles. The molecule has 0 amide bonds. The molecule has 3 heterocycles. The molecule has 4 rings (SSSR count). The lowest BCUT2D eigenvalue weighted by Gasteiger charge is -2.19. The highest BCUT2D eigenvalue weighted by Gasteiger charge is 2.24. The number of aromatic nitrogens is 4. The molecule has 4 aromatic rings. The van der Waals surface area contributed by atoms with Crippen LogP contribution >= 0.6 is 0 Å². The highest BCUT2D eigenvalue weighted by molar-refractivity contribution is 5.76. The standard InChI is InChI=1S/C20H20N4O/c1-3-16(17-11-12-22-23(17)2)24-14-21-19(15-8-5-4-6-9-15)20(24)18-10-7-13-25-18/h4-14,16H,3H2,1-2H3/t16-/m0/s1. The zero-order chi connectivity index (χ0) is 17.2. The van der Waals surface area contributed by atoms with Crippen molar-refractivity contribution in [3.05, 3.63) is 73.0 Å². The van der Waals surface area contributed by atoms with E-state index in [1.807, 2.05) is 54.6 Å². The maximum atomic E-state index is 5.74. The van der Waals surface area contributed by atoms with Crippen LogP contribution in [0.5, 0.6) is 0 Å². The molecule has 1 aromatic carbocycles. The summed E-state index contributed by atoms with van der Waals surface area (Å²) in [6.07, 6.45) is 6.37. The van der Waals surface area contributed by atoms with Crippen molar-refractivity contribution >= 4 is 0 Å². The van der Waals surface area contributed by atoms with Gasteiger partial charge < -0.3 is 8.98 Å². The molecule has 0 unspecified atom stereocenters. The van der Waals surface area contributed by atoms with E-state index in [2.05, 4.69) is 34.8 Å². The maximum absolute atomic E-state index is 5.74. The highest BCUT2D eigenvalue weighted by atomic mass is 16.3. The Morgan fingerprint density at radius 3 is 2.56 bits per heavy atom. The van der Waals surface area contributed by atoms with Gasteiger partial charge in [-0.25, -0.2) is 4.98 Å². The Bertz CT molecular complexity index is 951. The smallest absolute Gasteiger partial charge is 0.152 e. The molecule has 0 radical (unpaired) electrons. The largest absolute Gasteiger partial charge is 0.463 e. The molecule has 3 aromatic heterocycles. The second kappa shape index (κ2) is 6.43. The van der Waals surface area contributed by atoms with Gasteiger partial charge in [0.15, 0.2) is 5.76 Å². The summed E-state index contributed by atoms with van der Waals surface area (Å²) in [5.41, 5.74) is 4.14. The lowest BCUT2D eigenvalue weighted by Crippen LogP contribution is -2.14. The molecule has 0 fully saturated rings. The van der Waals surface area contributed by atoms with Crippen LogP contribution in [0.15, 0.2) is 71.7 Å². The van der Waals surface area contributed by atoms with Gasteiger partial charge in [-0.2, -0.15) is 5.10 Å². The van der Waals surface area contributed by atoms with Gasteiger partial charge >= 0.3 is 0 Å². The second-order valence-electron chi connectivity index (χ2n) is 6.00. The van der Waals surface area contributed by atoms with Crippen molar-refractivity contribution in [2.45, 2.75) is 19.4 Å². The maximum Gasteiger partial charge on any atom is 0.152 e. The molecule has 5 heteroatoms. The Balaban J connectivity index is 1.92. The van der Waals surface area contributed by atoms with Crippen molar-refractivity contribution in [3.63, 3.8) is 0 Å². The van der Waals surface area contributed by atoms with E-state index in [0.29, 0.717) is 0 Å². The molecule has 126 valence electrons. The normalized spacial score (nSPS) is 12.4. The second-order valence-corrected chi connectivity index (χ2v) is 6.00. The predicted octanol–water partition coefficient (Wildman–Crippen LogP) is 4.54. The van der Waals surface area contributed by atoms with Crippen molar-refractivity contribution < 1.29 is 4.42 Å². The van der Waals surface area contributed by atoms with Crippen molar-refractivity contribution in [1.82, 2.24) is 19.3 Å². The zero-order valence-corrected chi connectivity index (χ0v) is 14.3. The molecule has 0 aliphatic carbocycles. The van der Waals surface area contributed by atoms with E-state index < -0.39 is 0 Å². The van der Waals surface area contributed by atoms with Crippen LogP contribution in [0.1, 0.15) is 25.1 Å². The van der Waals surface area contributed by atoms with Crippen LogP contribution in [0, 0.1) is 0 Å². The number of rotatable bonds is 5. The fraction of sp³-hybridized carbons (Fsp3) is 0.200. The van der Waals surface area contributed by atoms with E-state index in [1.165, 1.54) is 0 Å². The van der Waals surface area contributed by atoms with Gasteiger partial charge in [0.1, 0.15) is 5.69 Å². The van der Waals surface area contributed by atoms with Crippen LogP contribution in [-0.2, 0) is 7.05 Å². The summed E-state index contributed by atoms with van der Waals surface area (Å²) in [5.74, 6) is 0.817. The van der Waals surface area contributed by atoms with Crippen LogP contribution in [0.4, 0.5) is 0 Å². The van der Waals surface area contributed by atoms with Gasteiger partial charge in [-0.1, -0.05) is 37.3 Å². The van der Waals surface area contributed by atoms with E-state index in [9.17, 15) is 0 Å². The van der Waals surface area contributed by atoms with Gasteiger partial charge in [0.2, 0.25) is 0 Å². The predicted molar refractivity (Wildman–Crippen MR) is 97.0 cm³/mol. The van der Waals surface area contributed by atoms with Gasteiger partial charge in [-0.15, -0.1) is 0 Å². The SMILES string of the molecule is CC[C@@H](c1ccnn1C)n1cnc(-c2ccccc2)c1-c1ccco1. The topological polar surface area (TPSA) is 48.8 Å². The summed E-state index contributed by atoms with van der Waals surface area (Å²) >= 11 is 0. The molecule has 0 aliphatic rings. The first-order chi connectivity index (χ1) is 12.3. The summed E-state index contributed by atoms with van der Waals surface area (Å²) < 4.78 is 9.85. The molecule has 5 nitrogen and oxygen atoms in total. The molecule has 0 N–H and O–H groups in total. The molecule has 0 saturated heterocycles. The number of nitrogens with zero attached hydrogens (tertiary/aromatic N) is 4. The molecule has 0 spiro atoms. The van der Waals surface area contributed by atoms with Crippen LogP contribution in [-0.4, -0.2) is 19.3 Å². The van der Waals surface area contributed by atoms with Crippen LogP contribution in [0.3, 0.4) is 0 Å². The van der Waals surface area contributed by atoms with E-state index in [4.69, 9.17) is 9.40 Å². The fourth-order valence-corrected chi connectivity index (χ4v) is 3.32. The first-order valence-electron chi connectivity index (χ1n) is 8.43. The molecular weight excluding hydrogens is 312 g/mol. The third-order valence-electron chi connectivity index (χ3n) is 4.52. The first kappa shape index (κ1) is 15.4. The summed E-state index contributed by atoms with van der Waals surface area (Å²) in [6.45, 7) is 2.17. The van der Waals surface area contributed by atoms with E-state index in [-0.39, 0.29) is 6.04 Å². The van der Waals surface area contributed by atoms with Crippen LogP contribution < -0.4 is 0 Å². The quantitative estimate of drug-likeness (QED) is 0.539. The Hall–Kier alpha value is -3.08. The molecule has 25 heavy (non-hydrogen) atoms. The fourth-order valence-electron chi connectivity index (χ4n) is 3.32. The Labute approximate surface area is 146 Å². The third kappa shape index (κ3) is 2.67. The van der Waals surface area contributed by atoms with Crippen molar-refractivity contribution in [1.29, 1.82) is 0 Å². The molecule has 0 bridgehead atoms. The van der Waals surface area contributed by atoms with Gasteiger partial charge in [-0.05, 0) is 24.6 Å². The van der Waals surface area contributed by atoms with E-state index in [0.717, 1.165) is 34.8 Å². The van der Waals surface area contributed by atoms with Gasteiger partial charge in [-0.3, -0.25) is 4.68 Å². The Morgan fingerprint density at radius 1 is 1.08 bits per heavy atom. The number of imidazole rings is 1. The minimum Gasteiger partial charge on any atom is -0.463 e. The Kier molecular flexibility index (Phi) is 3.98. The third-order valence-corrected chi connectivity index (χ3v) is 4.52. The number of aryl methyl sites for hydroxylation is 1. The number of hydrogen-bond acceptors (Lipinski definition) is 3. The average Bonchev–Trinajstić information content (AvgIpc) is 3.38. The number of hydrogen-bond donors (Lipinski definition) is 0.